The maximum atomic E-state index is 4.75. The summed E-state index contributed by atoms with van der Waals surface area (Å²) in [5.74, 6) is 0. The van der Waals surface area contributed by atoms with Gasteiger partial charge >= 0.3 is 0 Å². The summed E-state index contributed by atoms with van der Waals surface area (Å²) < 4.78 is 0. The van der Waals surface area contributed by atoms with E-state index in [2.05, 4.69) is 33.0 Å². The summed E-state index contributed by atoms with van der Waals surface area (Å²) in [6.45, 7) is 10.0. The number of hydrogen-bond acceptors (Lipinski definition) is 3. The number of rotatable bonds is 5. The van der Waals surface area contributed by atoms with E-state index in [9.17, 15) is 0 Å². The Hall–Kier alpha value is -0.410. The third kappa shape index (κ3) is 2.30. The van der Waals surface area contributed by atoms with Gasteiger partial charge in [0.2, 0.25) is 0 Å². The maximum absolute atomic E-state index is 4.75. The number of aromatic nitrogens is 1. The van der Waals surface area contributed by atoms with E-state index in [0.717, 1.165) is 6.54 Å². The lowest BCUT2D eigenvalue weighted by Gasteiger charge is -2.11. The smallest absolute Gasteiger partial charge is 0.0990 e. The molecule has 2 nitrogen and oxygen atoms in total. The Morgan fingerprint density at radius 3 is 2.75 bits per heavy atom. The summed E-state index contributed by atoms with van der Waals surface area (Å²) >= 11 is 1.91. The molecule has 0 bridgehead atoms. The predicted octanol–water partition coefficient (Wildman–Crippen LogP) is 3.56. The second-order valence-electron chi connectivity index (χ2n) is 5.21. The molecule has 1 aromatic heterocycles. The second-order valence-corrected chi connectivity index (χ2v) is 6.24. The molecule has 0 aliphatic heterocycles. The molecule has 0 amide bonds. The van der Waals surface area contributed by atoms with Gasteiger partial charge in [0.15, 0.2) is 0 Å². The fourth-order valence-electron chi connectivity index (χ4n) is 1.92. The summed E-state index contributed by atoms with van der Waals surface area (Å²) in [6, 6.07) is 0.452. The predicted molar refractivity (Wildman–Crippen MR) is 70.1 cm³/mol. The molecule has 1 aliphatic rings. The summed E-state index contributed by atoms with van der Waals surface area (Å²) in [6.07, 6.45) is 3.82. The first-order chi connectivity index (χ1) is 7.57. The van der Waals surface area contributed by atoms with E-state index in [0.29, 0.717) is 11.5 Å². The van der Waals surface area contributed by atoms with Gasteiger partial charge < -0.3 is 5.32 Å². The highest BCUT2D eigenvalue weighted by molar-refractivity contribution is 7.12. The Kier molecular flexibility index (Phi) is 3.36. The average Bonchev–Trinajstić information content (AvgIpc) is 2.87. The van der Waals surface area contributed by atoms with Gasteiger partial charge in [-0.15, -0.1) is 11.3 Å². The molecule has 1 N–H and O–H groups in total. The van der Waals surface area contributed by atoms with Crippen molar-refractivity contribution in [3.63, 3.8) is 0 Å². The molecule has 0 saturated heterocycles. The van der Waals surface area contributed by atoms with E-state index in [-0.39, 0.29) is 0 Å². The molecule has 2 rings (SSSR count). The van der Waals surface area contributed by atoms with Crippen LogP contribution in [-0.2, 0) is 5.41 Å². The first-order valence-electron chi connectivity index (χ1n) is 6.28. The number of nitrogens with zero attached hydrogens (tertiary/aromatic N) is 1. The van der Waals surface area contributed by atoms with Crippen LogP contribution in [0, 0.1) is 6.92 Å². The Morgan fingerprint density at radius 1 is 1.50 bits per heavy atom. The van der Waals surface area contributed by atoms with Crippen LogP contribution in [0.4, 0.5) is 0 Å². The van der Waals surface area contributed by atoms with Crippen molar-refractivity contribution in [3.8, 4) is 0 Å². The Labute approximate surface area is 102 Å². The highest BCUT2D eigenvalue weighted by Crippen LogP contribution is 2.49. The van der Waals surface area contributed by atoms with E-state index >= 15 is 0 Å². The second kappa shape index (κ2) is 4.46. The van der Waals surface area contributed by atoms with Gasteiger partial charge in [-0.25, -0.2) is 4.98 Å². The number of thiazole rings is 1. The Bertz CT molecular complexity index is 366. The van der Waals surface area contributed by atoms with Crippen LogP contribution >= 0.6 is 11.3 Å². The average molecular weight is 238 g/mol. The third-order valence-corrected chi connectivity index (χ3v) is 5.09. The van der Waals surface area contributed by atoms with Crippen LogP contribution in [0.5, 0.6) is 0 Å². The first-order valence-corrected chi connectivity index (χ1v) is 7.09. The number of nitrogens with one attached hydrogen (secondary N) is 1. The molecule has 3 heteroatoms. The first kappa shape index (κ1) is 12.1. The van der Waals surface area contributed by atoms with Crippen LogP contribution in [0.1, 0.15) is 61.7 Å². The highest BCUT2D eigenvalue weighted by atomic mass is 32.1. The topological polar surface area (TPSA) is 24.9 Å². The van der Waals surface area contributed by atoms with Gasteiger partial charge in [-0.1, -0.05) is 13.8 Å². The number of hydrogen-bond donors (Lipinski definition) is 1. The van der Waals surface area contributed by atoms with Crippen molar-refractivity contribution >= 4 is 11.3 Å². The van der Waals surface area contributed by atoms with Crippen LogP contribution in [-0.4, -0.2) is 11.5 Å². The van der Waals surface area contributed by atoms with E-state index < -0.39 is 0 Å². The summed E-state index contributed by atoms with van der Waals surface area (Å²) in [4.78, 5) is 6.18. The van der Waals surface area contributed by atoms with Crippen LogP contribution in [0.2, 0.25) is 0 Å². The Balaban J connectivity index is 2.12. The van der Waals surface area contributed by atoms with Crippen LogP contribution in [0.25, 0.3) is 0 Å². The van der Waals surface area contributed by atoms with Crippen molar-refractivity contribution in [1.29, 1.82) is 0 Å². The molecule has 1 aliphatic carbocycles. The van der Waals surface area contributed by atoms with Crippen molar-refractivity contribution in [1.82, 2.24) is 10.3 Å². The standard InChI is InChI=1S/C13H22N2S/c1-5-8-14-9(2)11-10(3)15-12(16-11)13(4)6-7-13/h9,14H,5-8H2,1-4H3. The fourth-order valence-corrected chi connectivity index (χ4v) is 3.22. The minimum atomic E-state index is 0.415. The molecule has 0 radical (unpaired) electrons. The van der Waals surface area contributed by atoms with Gasteiger partial charge in [0, 0.05) is 16.3 Å². The van der Waals surface area contributed by atoms with Crippen molar-refractivity contribution in [2.24, 2.45) is 0 Å². The van der Waals surface area contributed by atoms with Gasteiger partial charge in [0.1, 0.15) is 0 Å². The lowest BCUT2D eigenvalue weighted by atomic mass is 10.2. The normalized spacial score (nSPS) is 19.8. The molecule has 0 aromatic carbocycles. The quantitative estimate of drug-likeness (QED) is 0.848. The molecule has 1 aromatic rings. The Morgan fingerprint density at radius 2 is 2.19 bits per heavy atom. The van der Waals surface area contributed by atoms with E-state index in [1.165, 1.54) is 34.8 Å². The van der Waals surface area contributed by atoms with Crippen molar-refractivity contribution < 1.29 is 0 Å². The monoisotopic (exact) mass is 238 g/mol. The van der Waals surface area contributed by atoms with Gasteiger partial charge in [0.05, 0.1) is 10.7 Å². The van der Waals surface area contributed by atoms with Gasteiger partial charge in [-0.3, -0.25) is 0 Å². The molecule has 1 atom stereocenters. The zero-order chi connectivity index (χ0) is 11.8. The van der Waals surface area contributed by atoms with Gasteiger partial charge in [0.25, 0.3) is 0 Å². The van der Waals surface area contributed by atoms with Gasteiger partial charge in [-0.2, -0.15) is 0 Å². The molecular formula is C13H22N2S. The van der Waals surface area contributed by atoms with Gasteiger partial charge in [-0.05, 0) is 39.7 Å². The summed E-state index contributed by atoms with van der Waals surface area (Å²) in [7, 11) is 0. The minimum Gasteiger partial charge on any atom is -0.309 e. The molecule has 1 unspecified atom stereocenters. The fraction of sp³-hybridized carbons (Fsp3) is 0.769. The SMILES string of the molecule is CCCNC(C)c1sc(C2(C)CC2)nc1C. The van der Waals surface area contributed by atoms with Crippen LogP contribution in [0.15, 0.2) is 0 Å². The van der Waals surface area contributed by atoms with E-state index in [1.54, 1.807) is 0 Å². The summed E-state index contributed by atoms with van der Waals surface area (Å²) in [5, 5.41) is 4.90. The molecular weight excluding hydrogens is 216 g/mol. The third-order valence-electron chi connectivity index (χ3n) is 3.44. The lowest BCUT2D eigenvalue weighted by molar-refractivity contribution is 0.575. The van der Waals surface area contributed by atoms with Crippen LogP contribution < -0.4 is 5.32 Å². The zero-order valence-electron chi connectivity index (χ0n) is 10.8. The summed E-state index contributed by atoms with van der Waals surface area (Å²) in [5.41, 5.74) is 1.64. The zero-order valence-corrected chi connectivity index (χ0v) is 11.6. The molecule has 1 saturated carbocycles. The van der Waals surface area contributed by atoms with Crippen LogP contribution in [0.3, 0.4) is 0 Å². The molecule has 1 heterocycles. The molecule has 90 valence electrons. The van der Waals surface area contributed by atoms with Crippen molar-refractivity contribution in [3.05, 3.63) is 15.6 Å². The lowest BCUT2D eigenvalue weighted by Crippen LogP contribution is -2.18. The minimum absolute atomic E-state index is 0.415. The van der Waals surface area contributed by atoms with Crippen molar-refractivity contribution in [2.75, 3.05) is 6.54 Å². The van der Waals surface area contributed by atoms with E-state index in [1.807, 2.05) is 11.3 Å². The molecule has 16 heavy (non-hydrogen) atoms. The molecule has 1 fully saturated rings. The maximum Gasteiger partial charge on any atom is 0.0990 e. The largest absolute Gasteiger partial charge is 0.309 e. The highest BCUT2D eigenvalue weighted by Gasteiger charge is 2.42. The van der Waals surface area contributed by atoms with Crippen molar-refractivity contribution in [2.45, 2.75) is 58.4 Å². The van der Waals surface area contributed by atoms with E-state index in [4.69, 9.17) is 4.98 Å². The molecule has 0 spiro atoms. The number of aryl methyl sites for hydroxylation is 1.